The van der Waals surface area contributed by atoms with E-state index in [2.05, 4.69) is 4.42 Å². The van der Waals surface area contributed by atoms with Gasteiger partial charge in [-0.15, -0.1) is 0 Å². The lowest BCUT2D eigenvalue weighted by Gasteiger charge is -1.90. The first-order chi connectivity index (χ1) is 6.07. The predicted molar refractivity (Wildman–Crippen MR) is 38.0 cm³/mol. The first-order valence-corrected chi connectivity index (χ1v) is 3.11. The standard InChI is InChI=1S/C7H4O6/c8-1-4-5(7(11)12)3(2-13-4)6(9)10/h1-2H,(H,9,10)(H,11,12). The van der Waals surface area contributed by atoms with E-state index in [1.165, 1.54) is 0 Å². The van der Waals surface area contributed by atoms with Gasteiger partial charge in [-0.05, 0) is 0 Å². The Morgan fingerprint density at radius 2 is 1.92 bits per heavy atom. The molecule has 1 rings (SSSR count). The van der Waals surface area contributed by atoms with Gasteiger partial charge in [0, 0.05) is 0 Å². The first kappa shape index (κ1) is 8.98. The Hall–Kier alpha value is -2.11. The number of carboxylic acid groups (broad SMARTS) is 2. The van der Waals surface area contributed by atoms with Gasteiger partial charge in [0.1, 0.15) is 17.4 Å². The second kappa shape index (κ2) is 3.10. The summed E-state index contributed by atoms with van der Waals surface area (Å²) >= 11 is 0. The van der Waals surface area contributed by atoms with Crippen LogP contribution >= 0.6 is 0 Å². The van der Waals surface area contributed by atoms with Gasteiger partial charge in [0.25, 0.3) is 0 Å². The molecule has 0 aromatic carbocycles. The number of carbonyl (C=O) groups excluding carboxylic acids is 1. The van der Waals surface area contributed by atoms with Crippen LogP contribution in [0.2, 0.25) is 0 Å². The molecule has 0 unspecified atom stereocenters. The number of carboxylic acids is 2. The van der Waals surface area contributed by atoms with Crippen LogP contribution in [0, 0.1) is 0 Å². The van der Waals surface area contributed by atoms with E-state index < -0.39 is 28.8 Å². The number of hydrogen-bond donors (Lipinski definition) is 2. The Morgan fingerprint density at radius 3 is 2.31 bits per heavy atom. The molecule has 0 bridgehead atoms. The molecule has 0 atom stereocenters. The van der Waals surface area contributed by atoms with E-state index in [0.717, 1.165) is 6.26 Å². The van der Waals surface area contributed by atoms with Crippen molar-refractivity contribution in [2.45, 2.75) is 0 Å². The Labute approximate surface area is 71.4 Å². The quantitative estimate of drug-likeness (QED) is 0.662. The van der Waals surface area contributed by atoms with E-state index in [-0.39, 0.29) is 6.29 Å². The minimum absolute atomic E-state index is 0.149. The van der Waals surface area contributed by atoms with Crippen LogP contribution in [0.5, 0.6) is 0 Å². The summed E-state index contributed by atoms with van der Waals surface area (Å²) in [7, 11) is 0. The Bertz CT molecular complexity index is 374. The lowest BCUT2D eigenvalue weighted by molar-refractivity contribution is 0.0651. The highest BCUT2D eigenvalue weighted by molar-refractivity contribution is 6.05. The molecule has 0 aliphatic carbocycles. The summed E-state index contributed by atoms with van der Waals surface area (Å²) in [5, 5.41) is 17.0. The molecule has 1 aromatic heterocycles. The fourth-order valence-electron chi connectivity index (χ4n) is 0.838. The lowest BCUT2D eigenvalue weighted by atomic mass is 10.1. The van der Waals surface area contributed by atoms with Gasteiger partial charge in [-0.25, -0.2) is 9.59 Å². The maximum absolute atomic E-state index is 10.5. The topological polar surface area (TPSA) is 105 Å². The summed E-state index contributed by atoms with van der Waals surface area (Å²) in [5.41, 5.74) is -1.16. The van der Waals surface area contributed by atoms with Crippen LogP contribution in [0.25, 0.3) is 0 Å². The van der Waals surface area contributed by atoms with Crippen molar-refractivity contribution in [2.24, 2.45) is 0 Å². The smallest absolute Gasteiger partial charge is 0.340 e. The number of furan rings is 1. The summed E-state index contributed by atoms with van der Waals surface area (Å²) in [6, 6.07) is 0. The van der Waals surface area contributed by atoms with Crippen LogP contribution in [0.15, 0.2) is 10.7 Å². The lowest BCUT2D eigenvalue weighted by Crippen LogP contribution is -2.06. The largest absolute Gasteiger partial charge is 0.478 e. The van der Waals surface area contributed by atoms with Gasteiger partial charge in [-0.2, -0.15) is 0 Å². The number of rotatable bonds is 3. The van der Waals surface area contributed by atoms with Crippen molar-refractivity contribution < 1.29 is 29.0 Å². The van der Waals surface area contributed by atoms with Crippen LogP contribution in [0.4, 0.5) is 0 Å². The summed E-state index contributed by atoms with van der Waals surface area (Å²) in [6.45, 7) is 0. The highest BCUT2D eigenvalue weighted by atomic mass is 16.4. The predicted octanol–water partition coefficient (Wildman–Crippen LogP) is 0.489. The molecule has 2 N–H and O–H groups in total. The van der Waals surface area contributed by atoms with Crippen LogP contribution in [-0.4, -0.2) is 28.4 Å². The fraction of sp³-hybridized carbons (Fsp3) is 0. The SMILES string of the molecule is O=Cc1occ(C(=O)O)c1C(=O)O. The molecule has 0 saturated heterocycles. The van der Waals surface area contributed by atoms with Crippen molar-refractivity contribution in [3.8, 4) is 0 Å². The van der Waals surface area contributed by atoms with E-state index in [1.807, 2.05) is 0 Å². The van der Waals surface area contributed by atoms with Gasteiger partial charge in [-0.3, -0.25) is 4.79 Å². The van der Waals surface area contributed by atoms with E-state index in [4.69, 9.17) is 10.2 Å². The monoisotopic (exact) mass is 184 g/mol. The van der Waals surface area contributed by atoms with Crippen LogP contribution in [0.3, 0.4) is 0 Å². The maximum Gasteiger partial charge on any atom is 0.340 e. The van der Waals surface area contributed by atoms with E-state index in [1.54, 1.807) is 0 Å². The van der Waals surface area contributed by atoms with Crippen molar-refractivity contribution in [3.05, 3.63) is 23.2 Å². The van der Waals surface area contributed by atoms with Gasteiger partial charge in [-0.1, -0.05) is 0 Å². The van der Waals surface area contributed by atoms with E-state index in [0.29, 0.717) is 0 Å². The molecule has 0 amide bonds. The second-order valence-corrected chi connectivity index (χ2v) is 2.12. The van der Waals surface area contributed by atoms with Crippen LogP contribution < -0.4 is 0 Å². The fourth-order valence-corrected chi connectivity index (χ4v) is 0.838. The molecule has 1 heterocycles. The molecule has 13 heavy (non-hydrogen) atoms. The second-order valence-electron chi connectivity index (χ2n) is 2.12. The summed E-state index contributed by atoms with van der Waals surface area (Å²) in [4.78, 5) is 31.1. The van der Waals surface area contributed by atoms with Crippen molar-refractivity contribution in [1.29, 1.82) is 0 Å². The highest BCUT2D eigenvalue weighted by Crippen LogP contribution is 2.15. The zero-order valence-corrected chi connectivity index (χ0v) is 6.18. The molecule has 0 radical (unpaired) electrons. The van der Waals surface area contributed by atoms with Crippen LogP contribution in [0.1, 0.15) is 31.3 Å². The van der Waals surface area contributed by atoms with Gasteiger partial charge in [0.15, 0.2) is 12.0 Å². The van der Waals surface area contributed by atoms with Crippen molar-refractivity contribution >= 4 is 18.2 Å². The first-order valence-electron chi connectivity index (χ1n) is 3.11. The van der Waals surface area contributed by atoms with E-state index in [9.17, 15) is 14.4 Å². The third-order valence-corrected chi connectivity index (χ3v) is 1.37. The third kappa shape index (κ3) is 1.41. The summed E-state index contributed by atoms with van der Waals surface area (Å²) in [6.07, 6.45) is 0.866. The molecule has 0 aliphatic rings. The molecule has 68 valence electrons. The summed E-state index contributed by atoms with van der Waals surface area (Å²) in [5.74, 6) is -3.45. The zero-order chi connectivity index (χ0) is 10.0. The third-order valence-electron chi connectivity index (χ3n) is 1.37. The number of aromatic carboxylic acids is 2. The number of carbonyl (C=O) groups is 3. The van der Waals surface area contributed by atoms with Gasteiger partial charge in [0.2, 0.25) is 0 Å². The molecule has 0 aliphatic heterocycles. The van der Waals surface area contributed by atoms with Crippen molar-refractivity contribution in [3.63, 3.8) is 0 Å². The molecular formula is C7H4O6. The molecule has 6 nitrogen and oxygen atoms in total. The molecule has 0 fully saturated rings. The molecule has 6 heteroatoms. The Kier molecular flexibility index (Phi) is 2.14. The van der Waals surface area contributed by atoms with Gasteiger partial charge in [0.05, 0.1) is 0 Å². The van der Waals surface area contributed by atoms with Crippen LogP contribution in [-0.2, 0) is 0 Å². The minimum atomic E-state index is -1.51. The zero-order valence-electron chi connectivity index (χ0n) is 6.18. The number of hydrogen-bond acceptors (Lipinski definition) is 4. The maximum atomic E-state index is 10.5. The minimum Gasteiger partial charge on any atom is -0.478 e. The van der Waals surface area contributed by atoms with Crippen molar-refractivity contribution in [2.75, 3.05) is 0 Å². The van der Waals surface area contributed by atoms with Gasteiger partial charge >= 0.3 is 11.9 Å². The number of aldehydes is 1. The van der Waals surface area contributed by atoms with E-state index >= 15 is 0 Å². The average molecular weight is 184 g/mol. The average Bonchev–Trinajstić information content (AvgIpc) is 2.46. The van der Waals surface area contributed by atoms with Crippen molar-refractivity contribution in [1.82, 2.24) is 0 Å². The van der Waals surface area contributed by atoms with Gasteiger partial charge < -0.3 is 14.6 Å². The molecule has 0 spiro atoms. The molecule has 1 aromatic rings. The molecular weight excluding hydrogens is 180 g/mol. The Balaban J connectivity index is 3.38. The molecule has 0 saturated carbocycles. The normalized spacial score (nSPS) is 9.54. The summed E-state index contributed by atoms with van der Waals surface area (Å²) < 4.78 is 4.44. The Morgan fingerprint density at radius 1 is 1.31 bits per heavy atom. The highest BCUT2D eigenvalue weighted by Gasteiger charge is 2.23.